The average molecular weight is 237 g/mol. The van der Waals surface area contributed by atoms with Gasteiger partial charge in [0.1, 0.15) is 11.8 Å². The van der Waals surface area contributed by atoms with E-state index in [2.05, 4.69) is 4.74 Å². The van der Waals surface area contributed by atoms with Crippen LogP contribution in [0.3, 0.4) is 0 Å². The third kappa shape index (κ3) is 0.846. The topological polar surface area (TPSA) is 52.6 Å². The van der Waals surface area contributed by atoms with Crippen molar-refractivity contribution >= 4 is 35.1 Å². The van der Waals surface area contributed by atoms with E-state index in [1.54, 1.807) is 0 Å². The van der Waals surface area contributed by atoms with Crippen molar-refractivity contribution in [2.24, 2.45) is 11.8 Å². The van der Waals surface area contributed by atoms with Crippen molar-refractivity contribution < 1.29 is 19.1 Å². The summed E-state index contributed by atoms with van der Waals surface area (Å²) < 4.78 is 9.95. The number of fused-ring (bicyclic) bond motifs is 5. The zero-order chi connectivity index (χ0) is 10.0. The van der Waals surface area contributed by atoms with Gasteiger partial charge in [-0.3, -0.25) is 9.59 Å². The van der Waals surface area contributed by atoms with Gasteiger partial charge >= 0.3 is 11.9 Å². The molecule has 4 nitrogen and oxygen atoms in total. The van der Waals surface area contributed by atoms with Crippen LogP contribution in [0.2, 0.25) is 0 Å². The monoisotopic (exact) mass is 236 g/mol. The number of alkyl halides is 2. The van der Waals surface area contributed by atoms with E-state index < -0.39 is 46.7 Å². The molecule has 6 atom stereocenters. The van der Waals surface area contributed by atoms with Crippen molar-refractivity contribution in [3.05, 3.63) is 0 Å². The quantitative estimate of drug-likeness (QED) is 0.345. The molecule has 0 N–H and O–H groups in total. The van der Waals surface area contributed by atoms with Crippen molar-refractivity contribution in [3.63, 3.8) is 0 Å². The maximum absolute atomic E-state index is 11.3. The fourth-order valence-electron chi connectivity index (χ4n) is 2.46. The molecular formula is C8H6Cl2O4. The zero-order valence-electron chi connectivity index (χ0n) is 6.85. The van der Waals surface area contributed by atoms with Crippen LogP contribution in [-0.4, -0.2) is 34.9 Å². The standard InChI is InChI=1S/C8H6Cl2O4/c9-3-4(10)6-2-1(5(3)13-6)7(11)14-8(2)12/h1-6H/t1-,2-,3-,4+,5-,6-/m1/s1. The minimum absolute atomic E-state index is 0.415. The van der Waals surface area contributed by atoms with Crippen molar-refractivity contribution in [2.75, 3.05) is 0 Å². The second kappa shape index (κ2) is 2.62. The van der Waals surface area contributed by atoms with E-state index in [0.717, 1.165) is 0 Å². The highest BCUT2D eigenvalue weighted by Gasteiger charge is 2.67. The Morgan fingerprint density at radius 2 is 1.36 bits per heavy atom. The molecule has 0 spiro atoms. The van der Waals surface area contributed by atoms with Crippen LogP contribution in [0.5, 0.6) is 0 Å². The van der Waals surface area contributed by atoms with Gasteiger partial charge in [0, 0.05) is 0 Å². The average Bonchev–Trinajstić information content (AvgIpc) is 2.71. The summed E-state index contributed by atoms with van der Waals surface area (Å²) in [5.41, 5.74) is 0. The molecule has 6 heteroatoms. The van der Waals surface area contributed by atoms with E-state index in [9.17, 15) is 9.59 Å². The summed E-state index contributed by atoms with van der Waals surface area (Å²) in [6, 6.07) is 0. The van der Waals surface area contributed by atoms with Gasteiger partial charge in [0.25, 0.3) is 0 Å². The van der Waals surface area contributed by atoms with Crippen LogP contribution >= 0.6 is 23.2 Å². The second-order valence-corrected chi connectivity index (χ2v) is 4.75. The smallest absolute Gasteiger partial charge is 0.320 e. The molecule has 0 aromatic rings. The minimum Gasteiger partial charge on any atom is -0.393 e. The lowest BCUT2D eigenvalue weighted by Gasteiger charge is -2.23. The van der Waals surface area contributed by atoms with Gasteiger partial charge in [-0.25, -0.2) is 0 Å². The maximum Gasteiger partial charge on any atom is 0.320 e. The molecule has 14 heavy (non-hydrogen) atoms. The molecule has 0 saturated carbocycles. The molecule has 3 saturated heterocycles. The molecule has 2 bridgehead atoms. The van der Waals surface area contributed by atoms with Crippen LogP contribution in [0.25, 0.3) is 0 Å². The summed E-state index contributed by atoms with van der Waals surface area (Å²) in [5.74, 6) is -2.13. The Morgan fingerprint density at radius 3 is 1.79 bits per heavy atom. The molecule has 3 rings (SSSR count). The first kappa shape index (κ1) is 8.95. The molecule has 0 radical (unpaired) electrons. The number of carbonyl (C=O) groups is 2. The highest BCUT2D eigenvalue weighted by Crippen LogP contribution is 2.51. The van der Waals surface area contributed by atoms with Crippen LogP contribution < -0.4 is 0 Å². The first-order valence-electron chi connectivity index (χ1n) is 4.30. The van der Waals surface area contributed by atoms with E-state index in [4.69, 9.17) is 27.9 Å². The number of hydrogen-bond acceptors (Lipinski definition) is 4. The Bertz CT molecular complexity index is 301. The third-order valence-electron chi connectivity index (χ3n) is 3.09. The van der Waals surface area contributed by atoms with Crippen LogP contribution in [0.1, 0.15) is 0 Å². The minimum atomic E-state index is -0.537. The van der Waals surface area contributed by atoms with E-state index >= 15 is 0 Å². The van der Waals surface area contributed by atoms with Gasteiger partial charge in [-0.05, 0) is 0 Å². The Balaban J connectivity index is 2.01. The second-order valence-electron chi connectivity index (χ2n) is 3.75. The normalized spacial score (nSPS) is 55.0. The highest BCUT2D eigenvalue weighted by molar-refractivity contribution is 6.31. The molecule has 3 fully saturated rings. The summed E-state index contributed by atoms with van der Waals surface area (Å²) in [6.07, 6.45) is -0.929. The first-order valence-corrected chi connectivity index (χ1v) is 5.17. The van der Waals surface area contributed by atoms with E-state index in [1.807, 2.05) is 0 Å². The lowest BCUT2D eigenvalue weighted by Crippen LogP contribution is -2.42. The van der Waals surface area contributed by atoms with E-state index in [1.165, 1.54) is 0 Å². The Labute approximate surface area is 89.4 Å². The first-order chi connectivity index (χ1) is 6.61. The van der Waals surface area contributed by atoms with E-state index in [0.29, 0.717) is 0 Å². The van der Waals surface area contributed by atoms with Gasteiger partial charge in [-0.15, -0.1) is 23.2 Å². The number of ether oxygens (including phenoxy) is 2. The summed E-state index contributed by atoms with van der Waals surface area (Å²) in [5, 5.41) is -0.831. The zero-order valence-corrected chi connectivity index (χ0v) is 8.36. The third-order valence-corrected chi connectivity index (χ3v) is 4.26. The van der Waals surface area contributed by atoms with Crippen molar-refractivity contribution in [1.29, 1.82) is 0 Å². The van der Waals surface area contributed by atoms with Crippen LogP contribution in [0.4, 0.5) is 0 Å². The molecular weight excluding hydrogens is 231 g/mol. The summed E-state index contributed by atoms with van der Waals surface area (Å²) in [4.78, 5) is 22.6. The number of halogens is 2. The molecule has 0 aliphatic carbocycles. The predicted molar refractivity (Wildman–Crippen MR) is 46.0 cm³/mol. The predicted octanol–water partition coefficient (Wildman–Crippen LogP) is 0.298. The lowest BCUT2D eigenvalue weighted by molar-refractivity contribution is -0.156. The van der Waals surface area contributed by atoms with Gasteiger partial charge in [0.2, 0.25) is 0 Å². The van der Waals surface area contributed by atoms with Crippen molar-refractivity contribution in [1.82, 2.24) is 0 Å². The molecule has 0 aromatic carbocycles. The molecule has 0 aromatic heterocycles. The van der Waals surface area contributed by atoms with Gasteiger partial charge in [0.05, 0.1) is 23.0 Å². The van der Waals surface area contributed by atoms with Crippen LogP contribution in [0, 0.1) is 11.8 Å². The van der Waals surface area contributed by atoms with Gasteiger partial charge in [0.15, 0.2) is 0 Å². The van der Waals surface area contributed by atoms with Crippen LogP contribution in [0.15, 0.2) is 0 Å². The fourth-order valence-corrected chi connectivity index (χ4v) is 3.18. The largest absolute Gasteiger partial charge is 0.393 e. The maximum atomic E-state index is 11.3. The number of rotatable bonds is 0. The molecule has 0 unspecified atom stereocenters. The summed E-state index contributed by atoms with van der Waals surface area (Å²) in [6.45, 7) is 0. The molecule has 3 aliphatic rings. The van der Waals surface area contributed by atoms with E-state index in [-0.39, 0.29) is 0 Å². The Kier molecular flexibility index (Phi) is 1.68. The molecule has 3 aliphatic heterocycles. The van der Waals surface area contributed by atoms with Gasteiger partial charge in [-0.1, -0.05) is 0 Å². The fraction of sp³-hybridized carbons (Fsp3) is 0.750. The van der Waals surface area contributed by atoms with Crippen LogP contribution in [-0.2, 0) is 19.1 Å². The summed E-state index contributed by atoms with van der Waals surface area (Å²) in [7, 11) is 0. The molecule has 0 amide bonds. The summed E-state index contributed by atoms with van der Waals surface area (Å²) >= 11 is 11.9. The SMILES string of the molecule is O=C1OC(=O)[C@H]2[C@H]3O[C@@H]([C@H](Cl)[C@@H]3Cl)[C@H]12. The van der Waals surface area contributed by atoms with Crippen molar-refractivity contribution in [2.45, 2.75) is 23.0 Å². The van der Waals surface area contributed by atoms with Gasteiger partial charge in [-0.2, -0.15) is 0 Å². The lowest BCUT2D eigenvalue weighted by atomic mass is 9.80. The Hall–Kier alpha value is -0.320. The number of cyclic esters (lactones) is 2. The van der Waals surface area contributed by atoms with Crippen molar-refractivity contribution in [3.8, 4) is 0 Å². The molecule has 3 heterocycles. The number of hydrogen-bond donors (Lipinski definition) is 0. The number of esters is 2. The highest BCUT2D eigenvalue weighted by atomic mass is 35.5. The number of carbonyl (C=O) groups excluding carboxylic acids is 2. The van der Waals surface area contributed by atoms with Gasteiger partial charge < -0.3 is 9.47 Å². The molecule has 76 valence electrons. The Morgan fingerprint density at radius 1 is 0.929 bits per heavy atom.